The molecule has 1 aliphatic rings. The van der Waals surface area contributed by atoms with E-state index >= 15 is 0 Å². The van der Waals surface area contributed by atoms with Gasteiger partial charge >= 0.3 is 0 Å². The summed E-state index contributed by atoms with van der Waals surface area (Å²) >= 11 is 0. The first-order valence-electron chi connectivity index (χ1n) is 6.70. The van der Waals surface area contributed by atoms with Crippen molar-refractivity contribution in [1.82, 2.24) is 5.32 Å². The van der Waals surface area contributed by atoms with E-state index in [9.17, 15) is 5.11 Å². The van der Waals surface area contributed by atoms with Crippen LogP contribution in [0.15, 0.2) is 24.3 Å². The van der Waals surface area contributed by atoms with Crippen LogP contribution in [0.25, 0.3) is 0 Å². The van der Waals surface area contributed by atoms with Crippen LogP contribution in [0.1, 0.15) is 37.0 Å². The van der Waals surface area contributed by atoms with Crippen molar-refractivity contribution in [2.75, 3.05) is 13.7 Å². The molecule has 0 spiro atoms. The Morgan fingerprint density at radius 2 is 2.11 bits per heavy atom. The normalized spacial score (nSPS) is 25.9. The fourth-order valence-corrected chi connectivity index (χ4v) is 2.60. The highest BCUT2D eigenvalue weighted by molar-refractivity contribution is 5.24. The number of aliphatic hydroxyl groups is 1. The maximum atomic E-state index is 10.4. The highest BCUT2D eigenvalue weighted by Crippen LogP contribution is 2.26. The molecule has 0 amide bonds. The second kappa shape index (κ2) is 6.32. The Kier molecular flexibility index (Phi) is 4.75. The van der Waals surface area contributed by atoms with Crippen LogP contribution in [0.4, 0.5) is 0 Å². The van der Waals surface area contributed by atoms with E-state index in [-0.39, 0.29) is 6.04 Å². The quantitative estimate of drug-likeness (QED) is 0.860. The molecule has 0 radical (unpaired) electrons. The lowest BCUT2D eigenvalue weighted by atomic mass is 9.88. The van der Waals surface area contributed by atoms with Crippen LogP contribution in [-0.4, -0.2) is 24.8 Å². The molecular weight excluding hydrogens is 226 g/mol. The minimum atomic E-state index is -0.413. The Morgan fingerprint density at radius 3 is 2.72 bits per heavy atom. The minimum absolute atomic E-state index is 0.182. The molecule has 3 unspecified atom stereocenters. The molecule has 0 aliphatic carbocycles. The summed E-state index contributed by atoms with van der Waals surface area (Å²) in [6.07, 6.45) is 1.83. The largest absolute Gasteiger partial charge is 0.387 e. The molecule has 3 nitrogen and oxygen atoms in total. The molecule has 3 heteroatoms. The SMILES string of the molecule is COCc1ccc(C(O)C2CC(C)CCN2)cc1. The van der Waals surface area contributed by atoms with Gasteiger partial charge in [-0.05, 0) is 36.4 Å². The smallest absolute Gasteiger partial charge is 0.0943 e. The highest BCUT2D eigenvalue weighted by atomic mass is 16.5. The Morgan fingerprint density at radius 1 is 1.39 bits per heavy atom. The van der Waals surface area contributed by atoms with Crippen molar-refractivity contribution in [3.63, 3.8) is 0 Å². The topological polar surface area (TPSA) is 41.5 Å². The summed E-state index contributed by atoms with van der Waals surface area (Å²) in [5, 5.41) is 13.8. The van der Waals surface area contributed by atoms with Gasteiger partial charge in [-0.15, -0.1) is 0 Å². The average molecular weight is 249 g/mol. The zero-order valence-corrected chi connectivity index (χ0v) is 11.2. The molecule has 1 heterocycles. The number of ether oxygens (including phenoxy) is 1. The van der Waals surface area contributed by atoms with Gasteiger partial charge in [-0.1, -0.05) is 31.2 Å². The zero-order chi connectivity index (χ0) is 13.0. The van der Waals surface area contributed by atoms with Crippen LogP contribution < -0.4 is 5.32 Å². The summed E-state index contributed by atoms with van der Waals surface area (Å²) in [6, 6.07) is 8.23. The van der Waals surface area contributed by atoms with Crippen molar-refractivity contribution in [1.29, 1.82) is 0 Å². The summed E-state index contributed by atoms with van der Waals surface area (Å²) < 4.78 is 5.08. The van der Waals surface area contributed by atoms with Crippen molar-refractivity contribution < 1.29 is 9.84 Å². The molecule has 3 atom stereocenters. The second-order valence-electron chi connectivity index (χ2n) is 5.31. The number of aliphatic hydroxyl groups excluding tert-OH is 1. The van der Waals surface area contributed by atoms with Crippen molar-refractivity contribution >= 4 is 0 Å². The van der Waals surface area contributed by atoms with Gasteiger partial charge in [-0.3, -0.25) is 0 Å². The van der Waals surface area contributed by atoms with Crippen molar-refractivity contribution in [3.05, 3.63) is 35.4 Å². The van der Waals surface area contributed by atoms with Gasteiger partial charge in [0.05, 0.1) is 12.7 Å². The monoisotopic (exact) mass is 249 g/mol. The van der Waals surface area contributed by atoms with E-state index in [1.807, 2.05) is 24.3 Å². The maximum Gasteiger partial charge on any atom is 0.0943 e. The first-order chi connectivity index (χ1) is 8.70. The van der Waals surface area contributed by atoms with Gasteiger partial charge in [0.1, 0.15) is 0 Å². The molecule has 1 fully saturated rings. The second-order valence-corrected chi connectivity index (χ2v) is 5.31. The predicted octanol–water partition coefficient (Wildman–Crippen LogP) is 2.25. The van der Waals surface area contributed by atoms with E-state index < -0.39 is 6.10 Å². The maximum absolute atomic E-state index is 10.4. The van der Waals surface area contributed by atoms with Crippen LogP contribution in [-0.2, 0) is 11.3 Å². The molecule has 2 rings (SSSR count). The van der Waals surface area contributed by atoms with E-state index in [0.29, 0.717) is 12.5 Å². The molecule has 0 aromatic heterocycles. The Balaban J connectivity index is 2.01. The van der Waals surface area contributed by atoms with Crippen LogP contribution >= 0.6 is 0 Å². The van der Waals surface area contributed by atoms with Crippen molar-refractivity contribution in [3.8, 4) is 0 Å². The fourth-order valence-electron chi connectivity index (χ4n) is 2.60. The summed E-state index contributed by atoms with van der Waals surface area (Å²) in [4.78, 5) is 0. The van der Waals surface area contributed by atoms with Crippen LogP contribution in [0.3, 0.4) is 0 Å². The molecule has 0 saturated carbocycles. The minimum Gasteiger partial charge on any atom is -0.387 e. The summed E-state index contributed by atoms with van der Waals surface area (Å²) in [7, 11) is 1.69. The number of rotatable bonds is 4. The van der Waals surface area contributed by atoms with Crippen LogP contribution in [0.5, 0.6) is 0 Å². The van der Waals surface area contributed by atoms with E-state index in [2.05, 4.69) is 12.2 Å². The van der Waals surface area contributed by atoms with Gasteiger partial charge < -0.3 is 15.2 Å². The van der Waals surface area contributed by atoms with Crippen LogP contribution in [0.2, 0.25) is 0 Å². The standard InChI is InChI=1S/C15H23NO2/c1-11-7-8-16-14(9-11)15(17)13-5-3-12(4-6-13)10-18-2/h3-6,11,14-17H,7-10H2,1-2H3. The lowest BCUT2D eigenvalue weighted by Gasteiger charge is -2.32. The molecule has 2 N–H and O–H groups in total. The third-order valence-corrected chi connectivity index (χ3v) is 3.71. The third-order valence-electron chi connectivity index (χ3n) is 3.71. The van der Waals surface area contributed by atoms with Crippen molar-refractivity contribution in [2.24, 2.45) is 5.92 Å². The zero-order valence-electron chi connectivity index (χ0n) is 11.2. The van der Waals surface area contributed by atoms with E-state index in [0.717, 1.165) is 24.1 Å². The molecule has 0 bridgehead atoms. The molecular formula is C15H23NO2. The summed E-state index contributed by atoms with van der Waals surface area (Å²) in [6.45, 7) is 3.88. The third kappa shape index (κ3) is 3.31. The Bertz CT molecular complexity index is 363. The Hall–Kier alpha value is -0.900. The number of benzene rings is 1. The van der Waals surface area contributed by atoms with Crippen LogP contribution in [0, 0.1) is 5.92 Å². The highest BCUT2D eigenvalue weighted by Gasteiger charge is 2.25. The molecule has 1 aliphatic heterocycles. The van der Waals surface area contributed by atoms with Gasteiger partial charge in [0.25, 0.3) is 0 Å². The van der Waals surface area contributed by atoms with Gasteiger partial charge in [-0.25, -0.2) is 0 Å². The predicted molar refractivity (Wildman–Crippen MR) is 72.3 cm³/mol. The van der Waals surface area contributed by atoms with E-state index in [1.165, 1.54) is 6.42 Å². The first-order valence-corrected chi connectivity index (χ1v) is 6.70. The molecule has 1 aromatic carbocycles. The number of hydrogen-bond donors (Lipinski definition) is 2. The number of piperidine rings is 1. The van der Waals surface area contributed by atoms with Gasteiger partial charge in [0.15, 0.2) is 0 Å². The fraction of sp³-hybridized carbons (Fsp3) is 0.600. The van der Waals surface area contributed by atoms with Gasteiger partial charge in [0.2, 0.25) is 0 Å². The first kappa shape index (κ1) is 13.5. The number of methoxy groups -OCH3 is 1. The van der Waals surface area contributed by atoms with E-state index in [4.69, 9.17) is 4.74 Å². The lowest BCUT2D eigenvalue weighted by Crippen LogP contribution is -2.41. The average Bonchev–Trinajstić information content (AvgIpc) is 2.39. The summed E-state index contributed by atoms with van der Waals surface area (Å²) in [5.74, 6) is 0.693. The van der Waals surface area contributed by atoms with Crippen molar-refractivity contribution in [2.45, 2.75) is 38.5 Å². The van der Waals surface area contributed by atoms with Gasteiger partial charge in [0, 0.05) is 13.2 Å². The molecule has 18 heavy (non-hydrogen) atoms. The number of hydrogen-bond acceptors (Lipinski definition) is 3. The molecule has 1 aromatic rings. The molecule has 1 saturated heterocycles. The molecule has 100 valence electrons. The Labute approximate surface area is 109 Å². The lowest BCUT2D eigenvalue weighted by molar-refractivity contribution is 0.101. The van der Waals surface area contributed by atoms with Gasteiger partial charge in [-0.2, -0.15) is 0 Å². The summed E-state index contributed by atoms with van der Waals surface area (Å²) in [5.41, 5.74) is 2.12. The number of nitrogens with one attached hydrogen (secondary N) is 1. The van der Waals surface area contributed by atoms with E-state index in [1.54, 1.807) is 7.11 Å².